The van der Waals surface area contributed by atoms with E-state index in [0.29, 0.717) is 19.2 Å². The molecule has 0 radical (unpaired) electrons. The Hall–Kier alpha value is -2.50. The van der Waals surface area contributed by atoms with Crippen molar-refractivity contribution >= 4 is 11.6 Å². The molecule has 0 saturated heterocycles. The lowest BCUT2D eigenvalue weighted by atomic mass is 10.2. The molecule has 0 fully saturated rings. The average Bonchev–Trinajstić information content (AvgIpc) is 2.59. The van der Waals surface area contributed by atoms with Crippen molar-refractivity contribution in [1.29, 1.82) is 0 Å². The van der Waals surface area contributed by atoms with Crippen LogP contribution in [0, 0.1) is 0 Å². The number of methoxy groups -OCH3 is 1. The van der Waals surface area contributed by atoms with Crippen LogP contribution in [-0.4, -0.2) is 36.3 Å². The summed E-state index contributed by atoms with van der Waals surface area (Å²) in [6.45, 7) is 5.46. The van der Waals surface area contributed by atoms with E-state index in [0.717, 1.165) is 29.6 Å². The van der Waals surface area contributed by atoms with E-state index in [1.54, 1.807) is 13.4 Å². The molecule has 6 heteroatoms. The number of nitrogens with zero attached hydrogens (tertiary/aromatic N) is 2. The van der Waals surface area contributed by atoms with Gasteiger partial charge in [-0.05, 0) is 37.6 Å². The summed E-state index contributed by atoms with van der Waals surface area (Å²) in [5, 5.41) is 6.55. The highest BCUT2D eigenvalue weighted by Crippen LogP contribution is 2.17. The van der Waals surface area contributed by atoms with E-state index in [4.69, 9.17) is 9.47 Å². The Balaban J connectivity index is 1.76. The first-order valence-corrected chi connectivity index (χ1v) is 7.80. The highest BCUT2D eigenvalue weighted by Gasteiger charge is 2.02. The Bertz CT molecular complexity index is 589. The second-order valence-electron chi connectivity index (χ2n) is 5.19. The predicted octanol–water partition coefficient (Wildman–Crippen LogP) is 3.19. The second kappa shape index (κ2) is 8.82. The van der Waals surface area contributed by atoms with E-state index in [1.807, 2.05) is 30.3 Å². The van der Waals surface area contributed by atoms with Gasteiger partial charge in [-0.3, -0.25) is 0 Å². The third kappa shape index (κ3) is 5.65. The van der Waals surface area contributed by atoms with Gasteiger partial charge in [0.2, 0.25) is 0 Å². The Morgan fingerprint density at radius 2 is 1.78 bits per heavy atom. The van der Waals surface area contributed by atoms with E-state index in [1.165, 1.54) is 0 Å². The molecule has 0 aliphatic heterocycles. The van der Waals surface area contributed by atoms with Crippen molar-refractivity contribution in [3.05, 3.63) is 36.7 Å². The fourth-order valence-electron chi connectivity index (χ4n) is 1.91. The third-order valence-corrected chi connectivity index (χ3v) is 3.41. The molecule has 23 heavy (non-hydrogen) atoms. The normalized spacial score (nSPS) is 11.6. The van der Waals surface area contributed by atoms with Gasteiger partial charge in [0, 0.05) is 12.1 Å². The molecule has 0 bridgehead atoms. The first kappa shape index (κ1) is 16.9. The number of hydrogen-bond donors (Lipinski definition) is 2. The van der Waals surface area contributed by atoms with Crippen LogP contribution < -0.4 is 20.1 Å². The van der Waals surface area contributed by atoms with Crippen LogP contribution in [0.4, 0.5) is 11.6 Å². The maximum absolute atomic E-state index is 5.66. The van der Waals surface area contributed by atoms with E-state index >= 15 is 0 Å². The quantitative estimate of drug-likeness (QED) is 0.693. The average molecular weight is 316 g/mol. The lowest BCUT2D eigenvalue weighted by Gasteiger charge is -2.13. The van der Waals surface area contributed by atoms with Crippen molar-refractivity contribution in [3.8, 4) is 11.5 Å². The minimum atomic E-state index is 0.385. The highest BCUT2D eigenvalue weighted by molar-refractivity contribution is 5.46. The Labute approximate surface area is 137 Å². The van der Waals surface area contributed by atoms with Gasteiger partial charge in [0.1, 0.15) is 36.1 Å². The second-order valence-corrected chi connectivity index (χ2v) is 5.19. The number of rotatable bonds is 9. The van der Waals surface area contributed by atoms with Crippen molar-refractivity contribution in [2.75, 3.05) is 30.9 Å². The zero-order chi connectivity index (χ0) is 16.5. The van der Waals surface area contributed by atoms with Crippen LogP contribution in [0.15, 0.2) is 36.7 Å². The first-order chi connectivity index (χ1) is 11.2. The van der Waals surface area contributed by atoms with Crippen molar-refractivity contribution < 1.29 is 9.47 Å². The number of anilines is 2. The summed E-state index contributed by atoms with van der Waals surface area (Å²) in [6.07, 6.45) is 2.60. The van der Waals surface area contributed by atoms with Crippen LogP contribution >= 0.6 is 0 Å². The van der Waals surface area contributed by atoms with Crippen molar-refractivity contribution in [1.82, 2.24) is 9.97 Å². The monoisotopic (exact) mass is 316 g/mol. The molecule has 2 rings (SSSR count). The SMILES string of the molecule is CCC(C)Nc1cc(NCCOc2ccc(OC)cc2)ncn1. The fourth-order valence-corrected chi connectivity index (χ4v) is 1.91. The lowest BCUT2D eigenvalue weighted by molar-refractivity contribution is 0.331. The molecule has 2 aromatic rings. The molecular weight excluding hydrogens is 292 g/mol. The van der Waals surface area contributed by atoms with Crippen LogP contribution in [0.3, 0.4) is 0 Å². The van der Waals surface area contributed by atoms with E-state index in [2.05, 4.69) is 34.4 Å². The van der Waals surface area contributed by atoms with E-state index < -0.39 is 0 Å². The standard InChI is InChI=1S/C17H24N4O2/c1-4-13(2)21-17-11-16(19-12-20-17)18-9-10-23-15-7-5-14(22-3)6-8-15/h5-8,11-13H,4,9-10H2,1-3H3,(H2,18,19,20,21). The highest BCUT2D eigenvalue weighted by atomic mass is 16.5. The number of nitrogens with one attached hydrogen (secondary N) is 2. The molecule has 1 aromatic heterocycles. The van der Waals surface area contributed by atoms with Crippen LogP contribution in [0.5, 0.6) is 11.5 Å². The van der Waals surface area contributed by atoms with Gasteiger partial charge in [-0.2, -0.15) is 0 Å². The summed E-state index contributed by atoms with van der Waals surface area (Å²) >= 11 is 0. The molecule has 1 unspecified atom stereocenters. The summed E-state index contributed by atoms with van der Waals surface area (Å²) in [4.78, 5) is 8.42. The molecule has 0 spiro atoms. The van der Waals surface area contributed by atoms with Gasteiger partial charge in [0.05, 0.1) is 13.7 Å². The number of ether oxygens (including phenoxy) is 2. The van der Waals surface area contributed by atoms with E-state index in [-0.39, 0.29) is 0 Å². The van der Waals surface area contributed by atoms with Gasteiger partial charge >= 0.3 is 0 Å². The Morgan fingerprint density at radius 3 is 2.48 bits per heavy atom. The molecule has 1 aromatic carbocycles. The molecule has 2 N–H and O–H groups in total. The fraction of sp³-hybridized carbons (Fsp3) is 0.412. The molecule has 1 heterocycles. The summed E-state index contributed by atoms with van der Waals surface area (Å²) in [5.74, 6) is 3.24. The maximum atomic E-state index is 5.66. The zero-order valence-corrected chi connectivity index (χ0v) is 13.9. The molecule has 0 aliphatic rings. The number of aromatic nitrogens is 2. The largest absolute Gasteiger partial charge is 0.497 e. The number of benzene rings is 1. The van der Waals surface area contributed by atoms with Gasteiger partial charge < -0.3 is 20.1 Å². The number of hydrogen-bond acceptors (Lipinski definition) is 6. The summed E-state index contributed by atoms with van der Waals surface area (Å²) < 4.78 is 10.8. The van der Waals surface area contributed by atoms with Crippen LogP contribution in [0.25, 0.3) is 0 Å². The Kier molecular flexibility index (Phi) is 6.47. The van der Waals surface area contributed by atoms with Crippen molar-refractivity contribution in [2.45, 2.75) is 26.3 Å². The molecule has 0 aliphatic carbocycles. The topological polar surface area (TPSA) is 68.3 Å². The van der Waals surface area contributed by atoms with Crippen LogP contribution in [-0.2, 0) is 0 Å². The smallest absolute Gasteiger partial charge is 0.131 e. The lowest BCUT2D eigenvalue weighted by Crippen LogP contribution is -2.16. The molecule has 124 valence electrons. The predicted molar refractivity (Wildman–Crippen MR) is 92.4 cm³/mol. The van der Waals surface area contributed by atoms with E-state index in [9.17, 15) is 0 Å². The van der Waals surface area contributed by atoms with Crippen molar-refractivity contribution in [3.63, 3.8) is 0 Å². The van der Waals surface area contributed by atoms with Gasteiger partial charge in [0.25, 0.3) is 0 Å². The maximum Gasteiger partial charge on any atom is 0.131 e. The van der Waals surface area contributed by atoms with Crippen LogP contribution in [0.1, 0.15) is 20.3 Å². The van der Waals surface area contributed by atoms with Crippen LogP contribution in [0.2, 0.25) is 0 Å². The molecule has 1 atom stereocenters. The molecule has 6 nitrogen and oxygen atoms in total. The van der Waals surface area contributed by atoms with Gasteiger partial charge in [-0.1, -0.05) is 6.92 Å². The first-order valence-electron chi connectivity index (χ1n) is 7.80. The third-order valence-electron chi connectivity index (χ3n) is 3.41. The minimum Gasteiger partial charge on any atom is -0.497 e. The minimum absolute atomic E-state index is 0.385. The molecule has 0 saturated carbocycles. The van der Waals surface area contributed by atoms with Gasteiger partial charge in [-0.25, -0.2) is 9.97 Å². The zero-order valence-electron chi connectivity index (χ0n) is 13.9. The van der Waals surface area contributed by atoms with Gasteiger partial charge in [0.15, 0.2) is 0 Å². The van der Waals surface area contributed by atoms with Gasteiger partial charge in [-0.15, -0.1) is 0 Å². The van der Waals surface area contributed by atoms with Crippen molar-refractivity contribution in [2.24, 2.45) is 0 Å². The summed E-state index contributed by atoms with van der Waals surface area (Å²) in [6, 6.07) is 9.81. The summed E-state index contributed by atoms with van der Waals surface area (Å²) in [5.41, 5.74) is 0. The Morgan fingerprint density at radius 1 is 1.09 bits per heavy atom. The molecular formula is C17H24N4O2. The molecule has 0 amide bonds. The summed E-state index contributed by atoms with van der Waals surface area (Å²) in [7, 11) is 1.64.